The number of hydrogen-bond donors (Lipinski definition) is 0. The monoisotopic (exact) mass is 400 g/mol. The molecule has 2 saturated heterocycles. The molecule has 154 valence electrons. The van der Waals surface area contributed by atoms with Gasteiger partial charge in [0.15, 0.2) is 0 Å². The average Bonchev–Trinajstić information content (AvgIpc) is 2.99. The molecule has 3 rings (SSSR count). The molecule has 28 heavy (non-hydrogen) atoms. The van der Waals surface area contributed by atoms with Crippen LogP contribution in [0.1, 0.15) is 27.2 Å². The predicted octanol–water partition coefficient (Wildman–Crippen LogP) is 3.81. The van der Waals surface area contributed by atoms with E-state index in [-0.39, 0.29) is 30.0 Å². The number of carbonyl (C=O) groups excluding carboxylic acids is 2. The van der Waals surface area contributed by atoms with Crippen LogP contribution in [-0.4, -0.2) is 48.5 Å². The van der Waals surface area contributed by atoms with E-state index in [1.807, 2.05) is 0 Å². The Morgan fingerprint density at radius 1 is 1.11 bits per heavy atom. The van der Waals surface area contributed by atoms with Gasteiger partial charge in [0.05, 0.1) is 5.92 Å². The molecule has 0 spiro atoms. The van der Waals surface area contributed by atoms with Crippen molar-refractivity contribution in [2.45, 2.75) is 39.2 Å². The van der Waals surface area contributed by atoms with Crippen molar-refractivity contribution < 1.29 is 32.2 Å². The highest BCUT2D eigenvalue weighted by molar-refractivity contribution is 5.96. The Kier molecular flexibility index (Phi) is 5.20. The molecule has 0 aromatic heterocycles. The number of rotatable bonds is 2. The smallest absolute Gasteiger partial charge is 0.444 e. The SMILES string of the molecule is CC(C)(C)OC(=O)N1C[C@H]2CCN(c3ccc(OC(F)(F)F)cc3)C(=O)[C@@H]2C1. The zero-order valence-electron chi connectivity index (χ0n) is 16.0. The zero-order chi connectivity index (χ0) is 20.7. The highest BCUT2D eigenvalue weighted by Crippen LogP contribution is 2.35. The fourth-order valence-electron chi connectivity index (χ4n) is 3.61. The van der Waals surface area contributed by atoms with Crippen LogP contribution in [0.4, 0.5) is 23.7 Å². The molecule has 0 bridgehead atoms. The van der Waals surface area contributed by atoms with Crippen molar-refractivity contribution in [2.75, 3.05) is 24.5 Å². The molecule has 0 saturated carbocycles. The number of piperidine rings is 1. The quantitative estimate of drug-likeness (QED) is 0.758. The first-order valence-electron chi connectivity index (χ1n) is 9.08. The molecule has 1 aromatic carbocycles. The van der Waals surface area contributed by atoms with Crippen LogP contribution < -0.4 is 9.64 Å². The molecule has 6 nitrogen and oxygen atoms in total. The summed E-state index contributed by atoms with van der Waals surface area (Å²) >= 11 is 0. The summed E-state index contributed by atoms with van der Waals surface area (Å²) in [6.45, 7) is 6.55. The van der Waals surface area contributed by atoms with Crippen LogP contribution >= 0.6 is 0 Å². The van der Waals surface area contributed by atoms with E-state index < -0.39 is 18.1 Å². The number of alkyl halides is 3. The Morgan fingerprint density at radius 3 is 2.32 bits per heavy atom. The van der Waals surface area contributed by atoms with Crippen molar-refractivity contribution in [3.8, 4) is 5.75 Å². The molecule has 0 aliphatic carbocycles. The maximum absolute atomic E-state index is 12.9. The molecule has 2 heterocycles. The van der Waals surface area contributed by atoms with Crippen LogP contribution in [0.2, 0.25) is 0 Å². The van der Waals surface area contributed by atoms with E-state index in [1.54, 1.807) is 30.6 Å². The van der Waals surface area contributed by atoms with Crippen LogP contribution in [-0.2, 0) is 9.53 Å². The van der Waals surface area contributed by atoms with E-state index >= 15 is 0 Å². The second-order valence-corrected chi connectivity index (χ2v) is 8.07. The van der Waals surface area contributed by atoms with E-state index in [0.717, 1.165) is 0 Å². The lowest BCUT2D eigenvalue weighted by molar-refractivity contribution is -0.274. The van der Waals surface area contributed by atoms with E-state index in [1.165, 1.54) is 24.3 Å². The second-order valence-electron chi connectivity index (χ2n) is 8.07. The lowest BCUT2D eigenvalue weighted by Crippen LogP contribution is -2.45. The molecular weight excluding hydrogens is 377 g/mol. The van der Waals surface area contributed by atoms with Gasteiger partial charge in [-0.25, -0.2) is 4.79 Å². The fourth-order valence-corrected chi connectivity index (χ4v) is 3.61. The lowest BCUT2D eigenvalue weighted by atomic mass is 9.87. The molecule has 9 heteroatoms. The molecule has 2 aliphatic rings. The molecule has 2 fully saturated rings. The van der Waals surface area contributed by atoms with Gasteiger partial charge in [-0.1, -0.05) is 0 Å². The summed E-state index contributed by atoms with van der Waals surface area (Å²) in [4.78, 5) is 28.3. The first kappa shape index (κ1) is 20.3. The van der Waals surface area contributed by atoms with Gasteiger partial charge in [-0.15, -0.1) is 13.2 Å². The largest absolute Gasteiger partial charge is 0.573 e. The number of hydrogen-bond acceptors (Lipinski definition) is 4. The van der Waals surface area contributed by atoms with Gasteiger partial charge in [-0.3, -0.25) is 4.79 Å². The minimum atomic E-state index is -4.76. The molecule has 0 N–H and O–H groups in total. The van der Waals surface area contributed by atoms with Crippen molar-refractivity contribution >= 4 is 17.7 Å². The third-order valence-electron chi connectivity index (χ3n) is 4.78. The highest BCUT2D eigenvalue weighted by Gasteiger charge is 2.45. The van der Waals surface area contributed by atoms with Gasteiger partial charge < -0.3 is 19.3 Å². The van der Waals surface area contributed by atoms with Gasteiger partial charge in [0.25, 0.3) is 0 Å². The highest BCUT2D eigenvalue weighted by atomic mass is 19.4. The maximum atomic E-state index is 12.9. The van der Waals surface area contributed by atoms with Crippen LogP contribution in [0.5, 0.6) is 5.75 Å². The van der Waals surface area contributed by atoms with Gasteiger partial charge in [-0.05, 0) is 57.4 Å². The number of carbonyl (C=O) groups is 2. The van der Waals surface area contributed by atoms with Gasteiger partial charge in [0.1, 0.15) is 11.4 Å². The Morgan fingerprint density at radius 2 is 1.75 bits per heavy atom. The summed E-state index contributed by atoms with van der Waals surface area (Å²) < 4.78 is 46.1. The van der Waals surface area contributed by atoms with E-state index in [2.05, 4.69) is 4.74 Å². The summed E-state index contributed by atoms with van der Waals surface area (Å²) in [7, 11) is 0. The van der Waals surface area contributed by atoms with Crippen LogP contribution in [0, 0.1) is 11.8 Å². The topological polar surface area (TPSA) is 59.1 Å². The summed E-state index contributed by atoms with van der Waals surface area (Å²) in [5.41, 5.74) is -0.102. The number of halogens is 3. The fraction of sp³-hybridized carbons (Fsp3) is 0.579. The molecule has 0 unspecified atom stereocenters. The first-order chi connectivity index (χ1) is 12.9. The Hall–Kier alpha value is -2.45. The van der Waals surface area contributed by atoms with Crippen molar-refractivity contribution in [2.24, 2.45) is 11.8 Å². The Bertz CT molecular complexity index is 743. The first-order valence-corrected chi connectivity index (χ1v) is 9.08. The average molecular weight is 400 g/mol. The second kappa shape index (κ2) is 7.18. The number of amides is 2. The van der Waals surface area contributed by atoms with Gasteiger partial charge in [0.2, 0.25) is 5.91 Å². The van der Waals surface area contributed by atoms with Crippen molar-refractivity contribution in [1.82, 2.24) is 4.90 Å². The molecule has 0 radical (unpaired) electrons. The van der Waals surface area contributed by atoms with Crippen molar-refractivity contribution in [3.05, 3.63) is 24.3 Å². The molecule has 2 atom stereocenters. The predicted molar refractivity (Wildman–Crippen MR) is 94.9 cm³/mol. The Balaban J connectivity index is 1.66. The van der Waals surface area contributed by atoms with E-state index in [9.17, 15) is 22.8 Å². The minimum Gasteiger partial charge on any atom is -0.444 e. The van der Waals surface area contributed by atoms with Crippen LogP contribution in [0.15, 0.2) is 24.3 Å². The molecule has 1 aromatic rings. The van der Waals surface area contributed by atoms with Gasteiger partial charge >= 0.3 is 12.5 Å². The number of fused-ring (bicyclic) bond motifs is 1. The van der Waals surface area contributed by atoms with E-state index in [4.69, 9.17) is 4.74 Å². The molecule has 2 aliphatic heterocycles. The van der Waals surface area contributed by atoms with E-state index in [0.29, 0.717) is 25.2 Å². The number of benzene rings is 1. The van der Waals surface area contributed by atoms with Crippen LogP contribution in [0.25, 0.3) is 0 Å². The van der Waals surface area contributed by atoms with Gasteiger partial charge in [-0.2, -0.15) is 0 Å². The molecular formula is C19H23F3N2O4. The standard InChI is InChI=1S/C19H23F3N2O4/c1-18(2,3)28-17(26)23-10-12-8-9-24(16(25)15(12)11-23)13-4-6-14(7-5-13)27-19(20,21)22/h4-7,12,15H,8-11H2,1-3H3/t12-,15-/m1/s1. The maximum Gasteiger partial charge on any atom is 0.573 e. The molecule has 2 amide bonds. The summed E-state index contributed by atoms with van der Waals surface area (Å²) in [5, 5.41) is 0. The number of likely N-dealkylation sites (tertiary alicyclic amines) is 1. The van der Waals surface area contributed by atoms with Crippen molar-refractivity contribution in [3.63, 3.8) is 0 Å². The minimum absolute atomic E-state index is 0.0594. The summed E-state index contributed by atoms with van der Waals surface area (Å²) in [5.74, 6) is -0.751. The number of ether oxygens (including phenoxy) is 2. The van der Waals surface area contributed by atoms with Crippen LogP contribution in [0.3, 0.4) is 0 Å². The van der Waals surface area contributed by atoms with Gasteiger partial charge in [0, 0.05) is 25.3 Å². The summed E-state index contributed by atoms with van der Waals surface area (Å²) in [6.07, 6.45) is -4.49. The third kappa shape index (κ3) is 4.69. The summed E-state index contributed by atoms with van der Waals surface area (Å²) in [6, 6.07) is 5.23. The lowest BCUT2D eigenvalue weighted by Gasteiger charge is -2.33. The number of nitrogens with zero attached hydrogens (tertiary/aromatic N) is 2. The Labute approximate surface area is 161 Å². The van der Waals surface area contributed by atoms with Crippen molar-refractivity contribution in [1.29, 1.82) is 0 Å². The normalized spacial score (nSPS) is 22.9. The number of anilines is 1. The zero-order valence-corrected chi connectivity index (χ0v) is 16.0. The third-order valence-corrected chi connectivity index (χ3v) is 4.78.